The van der Waals surface area contributed by atoms with Gasteiger partial charge in [0.1, 0.15) is 23.8 Å². The van der Waals surface area contributed by atoms with Crippen LogP contribution in [0.3, 0.4) is 0 Å². The average molecular weight is 332 g/mol. The molecular weight excluding hydrogens is 303 g/mol. The maximum absolute atomic E-state index is 13.2. The highest BCUT2D eigenvalue weighted by Crippen LogP contribution is 2.54. The molecule has 0 aromatic heterocycles. The summed E-state index contributed by atoms with van der Waals surface area (Å²) in [5, 5.41) is 10.7. The maximum Gasteiger partial charge on any atom is 0.127 e. The molecule has 0 bridgehead atoms. The van der Waals surface area contributed by atoms with E-state index >= 15 is 0 Å². The Kier molecular flexibility index (Phi) is 4.89. The van der Waals surface area contributed by atoms with Crippen LogP contribution < -0.4 is 4.74 Å². The van der Waals surface area contributed by atoms with E-state index in [9.17, 15) is 9.50 Å². The topological polar surface area (TPSA) is 29.5 Å². The number of rotatable bonds is 5. The first-order valence-corrected chi connectivity index (χ1v) is 9.25. The molecule has 0 amide bonds. The van der Waals surface area contributed by atoms with Crippen molar-refractivity contribution < 1.29 is 14.2 Å². The summed E-state index contributed by atoms with van der Waals surface area (Å²) >= 11 is 0. The van der Waals surface area contributed by atoms with Gasteiger partial charge in [-0.1, -0.05) is 25.8 Å². The molecule has 0 spiro atoms. The molecule has 1 aliphatic carbocycles. The Morgan fingerprint density at radius 1 is 1.29 bits per heavy atom. The molecule has 0 radical (unpaired) electrons. The van der Waals surface area contributed by atoms with Gasteiger partial charge >= 0.3 is 0 Å². The SMILES string of the molecule is CCCCCc1cc(O)c2c(c1)OC(C)(C)[C@H]1CC=C(CF)C[C@@H]21. The third-order valence-corrected chi connectivity index (χ3v) is 5.69. The fourth-order valence-corrected chi connectivity index (χ4v) is 4.35. The first-order chi connectivity index (χ1) is 11.5. The molecule has 3 rings (SSSR count). The molecule has 3 heteroatoms. The third-order valence-electron chi connectivity index (χ3n) is 5.69. The number of halogens is 1. The Balaban J connectivity index is 1.96. The van der Waals surface area contributed by atoms with Crippen molar-refractivity contribution in [2.75, 3.05) is 6.67 Å². The fraction of sp³-hybridized carbons (Fsp3) is 0.619. The molecule has 0 unspecified atom stereocenters. The lowest BCUT2D eigenvalue weighted by Crippen LogP contribution is -2.45. The summed E-state index contributed by atoms with van der Waals surface area (Å²) in [7, 11) is 0. The quantitative estimate of drug-likeness (QED) is 0.555. The molecule has 2 atom stereocenters. The summed E-state index contributed by atoms with van der Waals surface area (Å²) < 4.78 is 19.5. The number of phenols is 1. The average Bonchev–Trinajstić information content (AvgIpc) is 2.53. The number of aryl methyl sites for hydroxylation is 1. The van der Waals surface area contributed by atoms with Crippen LogP contribution in [0.1, 0.15) is 69.9 Å². The molecule has 1 aromatic rings. The second kappa shape index (κ2) is 6.78. The monoisotopic (exact) mass is 332 g/mol. The van der Waals surface area contributed by atoms with E-state index < -0.39 is 6.67 Å². The van der Waals surface area contributed by atoms with Crippen LogP contribution in [-0.2, 0) is 6.42 Å². The molecule has 132 valence electrons. The van der Waals surface area contributed by atoms with Crippen molar-refractivity contribution in [3.63, 3.8) is 0 Å². The Morgan fingerprint density at radius 2 is 2.08 bits per heavy atom. The minimum Gasteiger partial charge on any atom is -0.508 e. The number of benzene rings is 1. The Labute approximate surface area is 144 Å². The van der Waals surface area contributed by atoms with Gasteiger partial charge in [0.05, 0.1) is 0 Å². The molecular formula is C21H29FO2. The van der Waals surface area contributed by atoms with Crippen LogP contribution in [0, 0.1) is 5.92 Å². The van der Waals surface area contributed by atoms with E-state index in [0.29, 0.717) is 12.2 Å². The van der Waals surface area contributed by atoms with Gasteiger partial charge in [-0.15, -0.1) is 0 Å². The third kappa shape index (κ3) is 3.18. The number of aromatic hydroxyl groups is 1. The van der Waals surface area contributed by atoms with Crippen LogP contribution in [0.15, 0.2) is 23.8 Å². The van der Waals surface area contributed by atoms with E-state index in [4.69, 9.17) is 4.74 Å². The molecule has 0 fully saturated rings. The van der Waals surface area contributed by atoms with Crippen LogP contribution >= 0.6 is 0 Å². The lowest BCUT2D eigenvalue weighted by Gasteiger charge is -2.47. The number of allylic oxidation sites excluding steroid dienone is 2. The summed E-state index contributed by atoms with van der Waals surface area (Å²) in [4.78, 5) is 0. The lowest BCUT2D eigenvalue weighted by molar-refractivity contribution is 0.00710. The normalized spacial score (nSPS) is 24.6. The molecule has 0 saturated carbocycles. The van der Waals surface area contributed by atoms with Crippen LogP contribution in [-0.4, -0.2) is 17.4 Å². The Bertz CT molecular complexity index is 633. The molecule has 0 saturated heterocycles. The van der Waals surface area contributed by atoms with E-state index in [1.807, 2.05) is 12.1 Å². The smallest absolute Gasteiger partial charge is 0.127 e. The van der Waals surface area contributed by atoms with Crippen LogP contribution in [0.4, 0.5) is 4.39 Å². The van der Waals surface area contributed by atoms with Gasteiger partial charge in [-0.2, -0.15) is 0 Å². The molecule has 1 aliphatic heterocycles. The highest BCUT2D eigenvalue weighted by molar-refractivity contribution is 5.52. The van der Waals surface area contributed by atoms with Crippen LogP contribution in [0.25, 0.3) is 0 Å². The lowest BCUT2D eigenvalue weighted by atomic mass is 9.67. The van der Waals surface area contributed by atoms with Crippen molar-refractivity contribution >= 4 is 0 Å². The first kappa shape index (κ1) is 17.3. The van der Waals surface area contributed by atoms with Crippen molar-refractivity contribution in [2.24, 2.45) is 5.92 Å². The molecule has 1 heterocycles. The minimum absolute atomic E-state index is 0.143. The van der Waals surface area contributed by atoms with Gasteiger partial charge in [-0.3, -0.25) is 0 Å². The summed E-state index contributed by atoms with van der Waals surface area (Å²) in [6.45, 7) is 6.02. The number of fused-ring (bicyclic) bond motifs is 3. The first-order valence-electron chi connectivity index (χ1n) is 9.25. The zero-order valence-corrected chi connectivity index (χ0v) is 15.1. The van der Waals surface area contributed by atoms with Gasteiger partial charge in [-0.25, -0.2) is 4.39 Å². The highest BCUT2D eigenvalue weighted by Gasteiger charge is 2.46. The van der Waals surface area contributed by atoms with Gasteiger partial charge in [0.2, 0.25) is 0 Å². The molecule has 1 aromatic carbocycles. The largest absolute Gasteiger partial charge is 0.508 e. The van der Waals surface area contributed by atoms with Gasteiger partial charge in [-0.05, 0) is 62.8 Å². The predicted molar refractivity (Wildman–Crippen MR) is 95.6 cm³/mol. The number of unbranched alkanes of at least 4 members (excludes halogenated alkanes) is 2. The Hall–Kier alpha value is -1.51. The van der Waals surface area contributed by atoms with Crippen molar-refractivity contribution in [1.29, 1.82) is 0 Å². The van der Waals surface area contributed by atoms with E-state index in [-0.39, 0.29) is 17.4 Å². The van der Waals surface area contributed by atoms with Gasteiger partial charge in [0.25, 0.3) is 0 Å². The Morgan fingerprint density at radius 3 is 2.79 bits per heavy atom. The molecule has 2 nitrogen and oxygen atoms in total. The molecule has 2 aliphatic rings. The van der Waals surface area contributed by atoms with Crippen molar-refractivity contribution in [1.82, 2.24) is 0 Å². The number of alkyl halides is 1. The summed E-state index contributed by atoms with van der Waals surface area (Å²) in [5.41, 5.74) is 2.57. The summed E-state index contributed by atoms with van der Waals surface area (Å²) in [5.74, 6) is 1.54. The predicted octanol–water partition coefficient (Wildman–Crippen LogP) is 5.69. The highest BCUT2D eigenvalue weighted by atomic mass is 19.1. The number of ether oxygens (including phenoxy) is 1. The number of hydrogen-bond acceptors (Lipinski definition) is 2. The number of hydrogen-bond donors (Lipinski definition) is 1. The van der Waals surface area contributed by atoms with Crippen LogP contribution in [0.5, 0.6) is 11.5 Å². The van der Waals surface area contributed by atoms with Crippen molar-refractivity contribution in [3.8, 4) is 11.5 Å². The van der Waals surface area contributed by atoms with Gasteiger partial charge in [0.15, 0.2) is 0 Å². The van der Waals surface area contributed by atoms with Crippen molar-refractivity contribution in [3.05, 3.63) is 34.9 Å². The van der Waals surface area contributed by atoms with E-state index in [1.165, 1.54) is 12.8 Å². The van der Waals surface area contributed by atoms with Crippen LogP contribution in [0.2, 0.25) is 0 Å². The fourth-order valence-electron chi connectivity index (χ4n) is 4.35. The second-order valence-electron chi connectivity index (χ2n) is 7.84. The zero-order chi connectivity index (χ0) is 17.3. The zero-order valence-electron chi connectivity index (χ0n) is 15.1. The molecule has 1 N–H and O–H groups in total. The maximum atomic E-state index is 13.2. The van der Waals surface area contributed by atoms with E-state index in [1.54, 1.807) is 0 Å². The van der Waals surface area contributed by atoms with Crippen molar-refractivity contribution in [2.45, 2.75) is 70.8 Å². The number of phenolic OH excluding ortho intramolecular Hbond substituents is 1. The van der Waals surface area contributed by atoms with E-state index in [2.05, 4.69) is 26.8 Å². The van der Waals surface area contributed by atoms with E-state index in [0.717, 1.165) is 41.7 Å². The summed E-state index contributed by atoms with van der Waals surface area (Å²) in [6, 6.07) is 3.98. The van der Waals surface area contributed by atoms with Gasteiger partial charge in [0, 0.05) is 17.4 Å². The molecule has 24 heavy (non-hydrogen) atoms. The van der Waals surface area contributed by atoms with Gasteiger partial charge < -0.3 is 9.84 Å². The second-order valence-corrected chi connectivity index (χ2v) is 7.84. The summed E-state index contributed by atoms with van der Waals surface area (Å²) in [6.07, 6.45) is 7.98. The minimum atomic E-state index is -0.393. The standard InChI is InChI=1S/C21H29FO2/c1-4-5-6-7-14-11-18(23)20-16-10-15(13-22)8-9-17(16)21(2,3)24-19(20)12-14/h8,11-12,16-17,23H,4-7,9-10,13H2,1-3H3/t16-,17+/m1/s1.